The molecule has 4 rings (SSSR count). The van der Waals surface area contributed by atoms with Crippen LogP contribution < -0.4 is 0 Å². The Morgan fingerprint density at radius 2 is 1.48 bits per heavy atom. The highest BCUT2D eigenvalue weighted by Crippen LogP contribution is 2.34. The van der Waals surface area contributed by atoms with Gasteiger partial charge in [-0.3, -0.25) is 9.80 Å². The van der Waals surface area contributed by atoms with Crippen molar-refractivity contribution >= 4 is 6.09 Å². The standard InChI is InChI=1S/C22H27N3O2/c1-17-14-23(12-13-25(17)22(26)27)20-15-24(16-20)21(18-8-4-2-5-9-18)19-10-6-3-7-11-19/h2-11,17,20-21H,12-16H2,1H3,(H,26,27)/t17-/m1/s1. The van der Waals surface area contributed by atoms with Gasteiger partial charge in [0.25, 0.3) is 0 Å². The molecule has 2 heterocycles. The molecule has 0 spiro atoms. The first-order valence-corrected chi connectivity index (χ1v) is 9.71. The molecule has 0 aromatic heterocycles. The van der Waals surface area contributed by atoms with Crippen molar-refractivity contribution in [1.29, 1.82) is 0 Å². The zero-order valence-corrected chi connectivity index (χ0v) is 15.7. The van der Waals surface area contributed by atoms with Crippen molar-refractivity contribution in [3.63, 3.8) is 0 Å². The molecular weight excluding hydrogens is 338 g/mol. The number of rotatable bonds is 4. The quantitative estimate of drug-likeness (QED) is 0.904. The van der Waals surface area contributed by atoms with Crippen LogP contribution in [0.5, 0.6) is 0 Å². The molecule has 27 heavy (non-hydrogen) atoms. The maximum atomic E-state index is 11.3. The van der Waals surface area contributed by atoms with E-state index in [1.165, 1.54) is 11.1 Å². The normalized spacial score (nSPS) is 22.0. The van der Waals surface area contributed by atoms with Gasteiger partial charge in [-0.1, -0.05) is 60.7 Å². The van der Waals surface area contributed by atoms with Crippen LogP contribution in [-0.4, -0.2) is 70.7 Å². The molecule has 2 aromatic carbocycles. The fraction of sp³-hybridized carbons (Fsp3) is 0.409. The third-order valence-corrected chi connectivity index (χ3v) is 5.91. The van der Waals surface area contributed by atoms with Gasteiger partial charge in [-0.05, 0) is 18.1 Å². The number of carboxylic acid groups (broad SMARTS) is 1. The molecule has 1 atom stereocenters. The minimum atomic E-state index is -0.800. The van der Waals surface area contributed by atoms with Crippen LogP contribution in [0.3, 0.4) is 0 Å². The summed E-state index contributed by atoms with van der Waals surface area (Å²) in [5.74, 6) is 0. The molecule has 2 fully saturated rings. The van der Waals surface area contributed by atoms with Gasteiger partial charge in [0.1, 0.15) is 0 Å². The SMILES string of the molecule is C[C@@H]1CN(C2CN(C(c3ccccc3)c3ccccc3)C2)CCN1C(=O)O. The predicted molar refractivity (Wildman–Crippen MR) is 106 cm³/mol. The van der Waals surface area contributed by atoms with Gasteiger partial charge in [-0.25, -0.2) is 4.79 Å². The van der Waals surface area contributed by atoms with Gasteiger partial charge in [0, 0.05) is 44.8 Å². The number of hydrogen-bond acceptors (Lipinski definition) is 3. The number of benzene rings is 2. The van der Waals surface area contributed by atoms with Crippen molar-refractivity contribution < 1.29 is 9.90 Å². The lowest BCUT2D eigenvalue weighted by molar-refractivity contribution is -0.0203. The minimum absolute atomic E-state index is 0.0596. The lowest BCUT2D eigenvalue weighted by Gasteiger charge is -2.52. The van der Waals surface area contributed by atoms with Crippen LogP contribution in [0.15, 0.2) is 60.7 Å². The molecule has 2 aliphatic heterocycles. The van der Waals surface area contributed by atoms with Crippen LogP contribution in [0, 0.1) is 0 Å². The van der Waals surface area contributed by atoms with E-state index in [4.69, 9.17) is 0 Å². The van der Waals surface area contributed by atoms with Crippen molar-refractivity contribution in [2.75, 3.05) is 32.7 Å². The van der Waals surface area contributed by atoms with Crippen LogP contribution in [0.25, 0.3) is 0 Å². The Morgan fingerprint density at radius 1 is 0.926 bits per heavy atom. The maximum absolute atomic E-state index is 11.3. The summed E-state index contributed by atoms with van der Waals surface area (Å²) in [7, 11) is 0. The molecule has 0 radical (unpaired) electrons. The van der Waals surface area contributed by atoms with Gasteiger partial charge < -0.3 is 10.0 Å². The van der Waals surface area contributed by atoms with E-state index in [1.807, 2.05) is 6.92 Å². The smallest absolute Gasteiger partial charge is 0.407 e. The lowest BCUT2D eigenvalue weighted by atomic mass is 9.92. The summed E-state index contributed by atoms with van der Waals surface area (Å²) in [5, 5.41) is 9.27. The second-order valence-electron chi connectivity index (χ2n) is 7.65. The van der Waals surface area contributed by atoms with Crippen molar-refractivity contribution in [3.05, 3.63) is 71.8 Å². The Hall–Kier alpha value is -2.37. The average molecular weight is 365 g/mol. The molecular formula is C22H27N3O2. The first kappa shape index (κ1) is 18.0. The zero-order valence-electron chi connectivity index (χ0n) is 15.7. The number of amides is 1. The zero-order chi connectivity index (χ0) is 18.8. The number of hydrogen-bond donors (Lipinski definition) is 1. The van der Waals surface area contributed by atoms with Crippen molar-refractivity contribution in [2.45, 2.75) is 25.0 Å². The Morgan fingerprint density at radius 3 is 1.96 bits per heavy atom. The largest absolute Gasteiger partial charge is 0.465 e. The summed E-state index contributed by atoms with van der Waals surface area (Å²) < 4.78 is 0. The molecule has 1 amide bonds. The lowest BCUT2D eigenvalue weighted by Crippen LogP contribution is -2.65. The fourth-order valence-electron chi connectivity index (χ4n) is 4.42. The topological polar surface area (TPSA) is 47.0 Å². The van der Waals surface area contributed by atoms with Gasteiger partial charge in [0.05, 0.1) is 6.04 Å². The van der Waals surface area contributed by atoms with Crippen LogP contribution in [0.4, 0.5) is 4.79 Å². The second kappa shape index (κ2) is 7.71. The van der Waals surface area contributed by atoms with Gasteiger partial charge >= 0.3 is 6.09 Å². The molecule has 0 saturated carbocycles. The van der Waals surface area contributed by atoms with Crippen LogP contribution in [0.1, 0.15) is 24.1 Å². The molecule has 0 aliphatic carbocycles. The van der Waals surface area contributed by atoms with E-state index in [9.17, 15) is 9.90 Å². The molecule has 2 saturated heterocycles. The van der Waals surface area contributed by atoms with Crippen LogP contribution in [0.2, 0.25) is 0 Å². The van der Waals surface area contributed by atoms with Gasteiger partial charge in [-0.2, -0.15) is 0 Å². The predicted octanol–water partition coefficient (Wildman–Crippen LogP) is 3.14. The van der Waals surface area contributed by atoms with E-state index in [-0.39, 0.29) is 12.1 Å². The molecule has 5 heteroatoms. The molecule has 0 unspecified atom stereocenters. The molecule has 5 nitrogen and oxygen atoms in total. The van der Waals surface area contributed by atoms with Gasteiger partial charge in [-0.15, -0.1) is 0 Å². The molecule has 142 valence electrons. The van der Waals surface area contributed by atoms with Crippen molar-refractivity contribution in [2.24, 2.45) is 0 Å². The summed E-state index contributed by atoms with van der Waals surface area (Å²) in [6.45, 7) is 6.31. The first-order chi connectivity index (χ1) is 13.1. The third kappa shape index (κ3) is 3.70. The Labute approximate surface area is 160 Å². The second-order valence-corrected chi connectivity index (χ2v) is 7.65. The van der Waals surface area contributed by atoms with E-state index >= 15 is 0 Å². The number of nitrogens with zero attached hydrogens (tertiary/aromatic N) is 3. The average Bonchev–Trinajstić information content (AvgIpc) is 2.65. The number of carbonyl (C=O) groups is 1. The van der Waals surface area contributed by atoms with Crippen molar-refractivity contribution in [3.8, 4) is 0 Å². The molecule has 2 aromatic rings. The highest BCUT2D eigenvalue weighted by atomic mass is 16.4. The minimum Gasteiger partial charge on any atom is -0.465 e. The molecule has 0 bridgehead atoms. The van der Waals surface area contributed by atoms with Crippen molar-refractivity contribution in [1.82, 2.24) is 14.7 Å². The van der Waals surface area contributed by atoms with Gasteiger partial charge in [0.15, 0.2) is 0 Å². The van der Waals surface area contributed by atoms with E-state index in [0.717, 1.165) is 26.2 Å². The summed E-state index contributed by atoms with van der Waals surface area (Å²) >= 11 is 0. The highest BCUT2D eigenvalue weighted by molar-refractivity contribution is 5.65. The summed E-state index contributed by atoms with van der Waals surface area (Å²) in [6.07, 6.45) is -0.800. The third-order valence-electron chi connectivity index (χ3n) is 5.91. The number of likely N-dealkylation sites (tertiary alicyclic amines) is 1. The summed E-state index contributed by atoms with van der Waals surface area (Å²) in [6, 6.07) is 22.2. The first-order valence-electron chi connectivity index (χ1n) is 9.71. The van der Waals surface area contributed by atoms with E-state index in [0.29, 0.717) is 12.6 Å². The summed E-state index contributed by atoms with van der Waals surface area (Å²) in [5.41, 5.74) is 2.65. The molecule has 2 aliphatic rings. The maximum Gasteiger partial charge on any atom is 0.407 e. The Balaban J connectivity index is 1.44. The Kier molecular flexibility index (Phi) is 5.14. The monoisotopic (exact) mass is 365 g/mol. The fourth-order valence-corrected chi connectivity index (χ4v) is 4.42. The number of piperazine rings is 1. The molecule has 1 N–H and O–H groups in total. The van der Waals surface area contributed by atoms with E-state index in [2.05, 4.69) is 70.5 Å². The Bertz CT molecular complexity index is 722. The highest BCUT2D eigenvalue weighted by Gasteiger charge is 2.39. The van der Waals surface area contributed by atoms with E-state index in [1.54, 1.807) is 4.90 Å². The summed E-state index contributed by atoms with van der Waals surface area (Å²) in [4.78, 5) is 17.8. The van der Waals surface area contributed by atoms with Gasteiger partial charge in [0.2, 0.25) is 0 Å². The van der Waals surface area contributed by atoms with E-state index < -0.39 is 6.09 Å². The van der Waals surface area contributed by atoms with Crippen LogP contribution >= 0.6 is 0 Å². The van der Waals surface area contributed by atoms with Crippen LogP contribution in [-0.2, 0) is 0 Å².